The van der Waals surface area contributed by atoms with E-state index in [0.29, 0.717) is 0 Å². The Labute approximate surface area is 119 Å². The Morgan fingerprint density at radius 1 is 1.00 bits per heavy atom. The van der Waals surface area contributed by atoms with Crippen molar-refractivity contribution in [3.63, 3.8) is 0 Å². The van der Waals surface area contributed by atoms with Crippen LogP contribution in [-0.2, 0) is 5.54 Å². The van der Waals surface area contributed by atoms with Crippen molar-refractivity contribution in [1.82, 2.24) is 5.32 Å². The number of anilines is 1. The number of benzene rings is 2. The molecule has 0 spiro atoms. The molecule has 3 rings (SSSR count). The first-order valence-corrected chi connectivity index (χ1v) is 6.89. The molecule has 20 heavy (non-hydrogen) atoms. The number of aryl methyl sites for hydroxylation is 1. The fourth-order valence-electron chi connectivity index (χ4n) is 2.38. The molecule has 102 valence electrons. The van der Waals surface area contributed by atoms with Gasteiger partial charge in [-0.1, -0.05) is 48.0 Å². The highest BCUT2D eigenvalue weighted by Gasteiger charge is 2.45. The van der Waals surface area contributed by atoms with Crippen LogP contribution in [0.3, 0.4) is 0 Å². The van der Waals surface area contributed by atoms with Crippen molar-refractivity contribution in [2.24, 2.45) is 0 Å². The third-order valence-electron chi connectivity index (χ3n) is 3.74. The third kappa shape index (κ3) is 2.67. The summed E-state index contributed by atoms with van der Waals surface area (Å²) in [7, 11) is 0. The highest BCUT2D eigenvalue weighted by molar-refractivity contribution is 5.90. The highest BCUT2D eigenvalue weighted by atomic mass is 16.2. The van der Waals surface area contributed by atoms with Crippen LogP contribution < -0.4 is 10.6 Å². The Hall–Kier alpha value is -2.29. The van der Waals surface area contributed by atoms with E-state index in [9.17, 15) is 4.79 Å². The second-order valence-corrected chi connectivity index (χ2v) is 5.39. The summed E-state index contributed by atoms with van der Waals surface area (Å²) in [5.41, 5.74) is 3.01. The fourth-order valence-corrected chi connectivity index (χ4v) is 2.38. The Morgan fingerprint density at radius 3 is 2.25 bits per heavy atom. The van der Waals surface area contributed by atoms with Gasteiger partial charge in [0.05, 0.1) is 5.54 Å². The van der Waals surface area contributed by atoms with Gasteiger partial charge >= 0.3 is 6.03 Å². The molecule has 2 aromatic carbocycles. The van der Waals surface area contributed by atoms with E-state index in [1.54, 1.807) is 0 Å². The monoisotopic (exact) mass is 266 g/mol. The lowest BCUT2D eigenvalue weighted by Crippen LogP contribution is -2.38. The molecule has 0 aromatic heterocycles. The first-order valence-electron chi connectivity index (χ1n) is 6.89. The summed E-state index contributed by atoms with van der Waals surface area (Å²) in [6.45, 7) is 2.03. The number of carbonyl (C=O) groups excluding carboxylic acids is 1. The molecule has 0 unspecified atom stereocenters. The molecule has 0 atom stereocenters. The fraction of sp³-hybridized carbons (Fsp3) is 0.235. The molecule has 0 saturated heterocycles. The van der Waals surface area contributed by atoms with Crippen LogP contribution in [0.5, 0.6) is 0 Å². The van der Waals surface area contributed by atoms with Crippen LogP contribution in [-0.4, -0.2) is 6.03 Å². The lowest BCUT2D eigenvalue weighted by molar-refractivity contribution is 0.247. The maximum absolute atomic E-state index is 12.1. The molecule has 0 radical (unpaired) electrons. The molecule has 2 aromatic rings. The number of urea groups is 1. The summed E-state index contributed by atoms with van der Waals surface area (Å²) in [4.78, 5) is 12.1. The van der Waals surface area contributed by atoms with Gasteiger partial charge in [0.2, 0.25) is 0 Å². The molecule has 0 bridgehead atoms. The number of rotatable bonds is 3. The van der Waals surface area contributed by atoms with Gasteiger partial charge in [-0.25, -0.2) is 4.79 Å². The largest absolute Gasteiger partial charge is 0.328 e. The van der Waals surface area contributed by atoms with Crippen LogP contribution in [0, 0.1) is 6.92 Å². The van der Waals surface area contributed by atoms with Gasteiger partial charge in [0.1, 0.15) is 0 Å². The standard InChI is InChI=1S/C17H18N2O/c1-13-7-9-15(10-8-13)18-16(20)19-17(11-12-17)14-5-3-2-4-6-14/h2-10H,11-12H2,1H3,(H2,18,19,20). The summed E-state index contributed by atoms with van der Waals surface area (Å²) in [5, 5.41) is 5.98. The zero-order chi connectivity index (χ0) is 14.0. The van der Waals surface area contributed by atoms with E-state index >= 15 is 0 Å². The second-order valence-electron chi connectivity index (χ2n) is 5.39. The molecule has 0 aliphatic heterocycles. The van der Waals surface area contributed by atoms with Crippen molar-refractivity contribution in [2.45, 2.75) is 25.3 Å². The van der Waals surface area contributed by atoms with Crippen LogP contribution in [0.1, 0.15) is 24.0 Å². The molecule has 1 aliphatic rings. The predicted octanol–water partition coefficient (Wildman–Crippen LogP) is 3.81. The molecule has 2 N–H and O–H groups in total. The molecule has 3 nitrogen and oxygen atoms in total. The Kier molecular flexibility index (Phi) is 3.18. The molecule has 3 heteroatoms. The maximum atomic E-state index is 12.1. The van der Waals surface area contributed by atoms with Crippen LogP contribution >= 0.6 is 0 Å². The van der Waals surface area contributed by atoms with Crippen molar-refractivity contribution in [1.29, 1.82) is 0 Å². The van der Waals surface area contributed by atoms with Crippen molar-refractivity contribution in [3.8, 4) is 0 Å². The number of hydrogen-bond donors (Lipinski definition) is 2. The van der Waals surface area contributed by atoms with E-state index < -0.39 is 0 Å². The first kappa shape index (κ1) is 12.7. The smallest absolute Gasteiger partial charge is 0.319 e. The molecule has 2 amide bonds. The van der Waals surface area contributed by atoms with Gasteiger partial charge in [0, 0.05) is 5.69 Å². The highest BCUT2D eigenvalue weighted by Crippen LogP contribution is 2.45. The number of carbonyl (C=O) groups is 1. The average Bonchev–Trinajstić information content (AvgIpc) is 3.23. The average molecular weight is 266 g/mol. The SMILES string of the molecule is Cc1ccc(NC(=O)NC2(c3ccccc3)CC2)cc1. The van der Waals surface area contributed by atoms with E-state index in [1.807, 2.05) is 49.4 Å². The molecular formula is C17H18N2O. The quantitative estimate of drug-likeness (QED) is 0.871. The third-order valence-corrected chi connectivity index (χ3v) is 3.74. The van der Waals surface area contributed by atoms with E-state index in [-0.39, 0.29) is 11.6 Å². The topological polar surface area (TPSA) is 41.1 Å². The van der Waals surface area contributed by atoms with Gasteiger partial charge in [-0.3, -0.25) is 0 Å². The van der Waals surface area contributed by atoms with Gasteiger partial charge in [-0.05, 0) is 37.5 Å². The van der Waals surface area contributed by atoms with Gasteiger partial charge in [-0.15, -0.1) is 0 Å². The van der Waals surface area contributed by atoms with Crippen LogP contribution in [0.15, 0.2) is 54.6 Å². The summed E-state index contributed by atoms with van der Waals surface area (Å²) >= 11 is 0. The van der Waals surface area contributed by atoms with Gasteiger partial charge < -0.3 is 10.6 Å². The first-order chi connectivity index (χ1) is 9.68. The zero-order valence-electron chi connectivity index (χ0n) is 11.5. The number of nitrogens with one attached hydrogen (secondary N) is 2. The second kappa shape index (κ2) is 5.00. The van der Waals surface area contributed by atoms with E-state index in [1.165, 1.54) is 11.1 Å². The molecule has 0 heterocycles. The minimum Gasteiger partial charge on any atom is -0.328 e. The molecular weight excluding hydrogens is 248 g/mol. The molecule has 1 fully saturated rings. The van der Waals surface area contributed by atoms with E-state index in [4.69, 9.17) is 0 Å². The predicted molar refractivity (Wildman–Crippen MR) is 80.7 cm³/mol. The van der Waals surface area contributed by atoms with Crippen molar-refractivity contribution >= 4 is 11.7 Å². The summed E-state index contributed by atoms with van der Waals surface area (Å²) in [6, 6.07) is 17.8. The summed E-state index contributed by atoms with van der Waals surface area (Å²) < 4.78 is 0. The van der Waals surface area contributed by atoms with Crippen LogP contribution in [0.25, 0.3) is 0 Å². The van der Waals surface area contributed by atoms with Crippen molar-refractivity contribution in [2.75, 3.05) is 5.32 Å². The Morgan fingerprint density at radius 2 is 1.65 bits per heavy atom. The number of hydrogen-bond acceptors (Lipinski definition) is 1. The van der Waals surface area contributed by atoms with Crippen molar-refractivity contribution in [3.05, 3.63) is 65.7 Å². The lowest BCUT2D eigenvalue weighted by atomic mass is 10.1. The summed E-state index contributed by atoms with van der Waals surface area (Å²) in [5.74, 6) is 0. The maximum Gasteiger partial charge on any atom is 0.319 e. The van der Waals surface area contributed by atoms with Gasteiger partial charge in [0.25, 0.3) is 0 Å². The van der Waals surface area contributed by atoms with Gasteiger partial charge in [0.15, 0.2) is 0 Å². The summed E-state index contributed by atoms with van der Waals surface area (Å²) in [6.07, 6.45) is 2.00. The minimum absolute atomic E-state index is 0.143. The van der Waals surface area contributed by atoms with Crippen molar-refractivity contribution < 1.29 is 4.79 Å². The molecule has 1 saturated carbocycles. The Balaban J connectivity index is 1.66. The van der Waals surface area contributed by atoms with E-state index in [2.05, 4.69) is 22.8 Å². The Bertz CT molecular complexity index is 601. The lowest BCUT2D eigenvalue weighted by Gasteiger charge is -2.18. The van der Waals surface area contributed by atoms with E-state index in [0.717, 1.165) is 18.5 Å². The zero-order valence-corrected chi connectivity index (χ0v) is 11.5. The minimum atomic E-state index is -0.171. The normalized spacial score (nSPS) is 15.4. The van der Waals surface area contributed by atoms with Gasteiger partial charge in [-0.2, -0.15) is 0 Å². The van der Waals surface area contributed by atoms with Crippen LogP contribution in [0.4, 0.5) is 10.5 Å². The van der Waals surface area contributed by atoms with Crippen LogP contribution in [0.2, 0.25) is 0 Å². The molecule has 1 aliphatic carbocycles. The number of amides is 2.